The zero-order valence-corrected chi connectivity index (χ0v) is 10.8. The Balaban J connectivity index is 1.87. The average molecular weight is 253 g/mol. The van der Waals surface area contributed by atoms with Crippen LogP contribution in [0.5, 0.6) is 5.88 Å². The van der Waals surface area contributed by atoms with Gasteiger partial charge in [0.1, 0.15) is 18.5 Å². The van der Waals surface area contributed by atoms with E-state index in [1.165, 1.54) is 5.56 Å². The van der Waals surface area contributed by atoms with Crippen molar-refractivity contribution in [1.29, 1.82) is 0 Å². The van der Waals surface area contributed by atoms with Crippen molar-refractivity contribution in [2.24, 2.45) is 0 Å². The summed E-state index contributed by atoms with van der Waals surface area (Å²) in [5.41, 5.74) is 4.12. The Morgan fingerprint density at radius 2 is 2.00 bits per heavy atom. The fourth-order valence-corrected chi connectivity index (χ4v) is 2.08. The van der Waals surface area contributed by atoms with Gasteiger partial charge in [-0.05, 0) is 17.5 Å². The molecule has 0 bridgehead atoms. The minimum atomic E-state index is 0.507. The Kier molecular flexibility index (Phi) is 3.14. The van der Waals surface area contributed by atoms with Gasteiger partial charge < -0.3 is 9.72 Å². The lowest BCUT2D eigenvalue weighted by atomic mass is 10.2. The summed E-state index contributed by atoms with van der Waals surface area (Å²) in [7, 11) is 0. The number of nitrogens with one attached hydrogen (secondary N) is 1. The van der Waals surface area contributed by atoms with E-state index in [-0.39, 0.29) is 0 Å². The molecule has 0 unspecified atom stereocenters. The van der Waals surface area contributed by atoms with Gasteiger partial charge in [-0.1, -0.05) is 37.3 Å². The van der Waals surface area contributed by atoms with Crippen LogP contribution in [0.3, 0.4) is 0 Å². The number of rotatable bonds is 4. The zero-order chi connectivity index (χ0) is 13.1. The molecule has 0 atom stereocenters. The number of fused-ring (bicyclic) bond motifs is 1. The van der Waals surface area contributed by atoms with E-state index < -0.39 is 0 Å². The van der Waals surface area contributed by atoms with Gasteiger partial charge in [-0.15, -0.1) is 0 Å². The molecule has 2 aromatic heterocycles. The summed E-state index contributed by atoms with van der Waals surface area (Å²) < 4.78 is 5.78. The molecule has 0 amide bonds. The Labute approximate surface area is 111 Å². The molecule has 2 heterocycles. The van der Waals surface area contributed by atoms with Crippen LogP contribution in [0, 0.1) is 0 Å². The van der Waals surface area contributed by atoms with Crippen molar-refractivity contribution in [3.8, 4) is 5.88 Å². The second kappa shape index (κ2) is 5.10. The molecule has 0 saturated carbocycles. The van der Waals surface area contributed by atoms with E-state index in [0.29, 0.717) is 12.5 Å². The Morgan fingerprint density at radius 3 is 2.79 bits per heavy atom. The number of benzene rings is 1. The molecule has 1 aromatic carbocycles. The van der Waals surface area contributed by atoms with E-state index in [2.05, 4.69) is 21.9 Å². The van der Waals surface area contributed by atoms with Crippen LogP contribution in [0.1, 0.15) is 18.1 Å². The number of nitrogens with zero attached hydrogens (tertiary/aromatic N) is 2. The zero-order valence-electron chi connectivity index (χ0n) is 10.8. The van der Waals surface area contributed by atoms with Gasteiger partial charge in [0.2, 0.25) is 5.88 Å². The molecule has 4 heteroatoms. The largest absolute Gasteiger partial charge is 0.471 e. The molecular weight excluding hydrogens is 238 g/mol. The predicted octanol–water partition coefficient (Wildman–Crippen LogP) is 3.10. The second-order valence-electron chi connectivity index (χ2n) is 4.34. The molecule has 19 heavy (non-hydrogen) atoms. The van der Waals surface area contributed by atoms with Crippen molar-refractivity contribution in [2.45, 2.75) is 20.0 Å². The number of hydrogen-bond donors (Lipinski definition) is 1. The highest BCUT2D eigenvalue weighted by molar-refractivity contribution is 5.82. The van der Waals surface area contributed by atoms with Gasteiger partial charge in [0.15, 0.2) is 0 Å². The maximum absolute atomic E-state index is 5.78. The van der Waals surface area contributed by atoms with Crippen LogP contribution in [-0.2, 0) is 13.0 Å². The molecular formula is C15H15N3O. The monoisotopic (exact) mass is 253 g/mol. The molecule has 4 nitrogen and oxygen atoms in total. The highest BCUT2D eigenvalue weighted by Crippen LogP contribution is 2.23. The van der Waals surface area contributed by atoms with Gasteiger partial charge in [0, 0.05) is 6.20 Å². The first-order valence-electron chi connectivity index (χ1n) is 6.36. The number of aromatic nitrogens is 3. The summed E-state index contributed by atoms with van der Waals surface area (Å²) >= 11 is 0. The highest BCUT2D eigenvalue weighted by Gasteiger charge is 2.09. The van der Waals surface area contributed by atoms with E-state index in [9.17, 15) is 0 Å². The number of aromatic amines is 1. The van der Waals surface area contributed by atoms with E-state index >= 15 is 0 Å². The average Bonchev–Trinajstić information content (AvgIpc) is 2.90. The number of ether oxygens (including phenoxy) is 1. The topological polar surface area (TPSA) is 50.8 Å². The first-order valence-corrected chi connectivity index (χ1v) is 6.36. The molecule has 0 radical (unpaired) electrons. The molecule has 0 spiro atoms. The predicted molar refractivity (Wildman–Crippen MR) is 74.0 cm³/mol. The molecule has 96 valence electrons. The van der Waals surface area contributed by atoms with E-state index in [1.807, 2.05) is 36.5 Å². The van der Waals surface area contributed by atoms with Crippen LogP contribution in [0.4, 0.5) is 0 Å². The van der Waals surface area contributed by atoms with Gasteiger partial charge in [0.25, 0.3) is 0 Å². The molecule has 3 aromatic rings. The number of hydrogen-bond acceptors (Lipinski definition) is 3. The lowest BCUT2D eigenvalue weighted by Gasteiger charge is -2.05. The molecule has 0 aliphatic rings. The molecule has 0 saturated heterocycles. The summed E-state index contributed by atoms with van der Waals surface area (Å²) in [5.74, 6) is 0.605. The normalized spacial score (nSPS) is 10.8. The van der Waals surface area contributed by atoms with E-state index in [1.54, 1.807) is 6.33 Å². The number of aryl methyl sites for hydroxylation is 1. The Morgan fingerprint density at radius 1 is 1.16 bits per heavy atom. The SMILES string of the molecule is CCc1c[nH]c2c(OCc3ccccc3)ncnc12. The van der Waals surface area contributed by atoms with Crippen LogP contribution < -0.4 is 4.74 Å². The first-order chi connectivity index (χ1) is 9.38. The van der Waals surface area contributed by atoms with Crippen molar-refractivity contribution >= 4 is 11.0 Å². The maximum Gasteiger partial charge on any atom is 0.241 e. The summed E-state index contributed by atoms with van der Waals surface area (Å²) in [4.78, 5) is 11.7. The van der Waals surface area contributed by atoms with E-state index in [4.69, 9.17) is 4.74 Å². The summed E-state index contributed by atoms with van der Waals surface area (Å²) in [6.07, 6.45) is 4.46. The van der Waals surface area contributed by atoms with E-state index in [0.717, 1.165) is 23.0 Å². The first kappa shape index (κ1) is 11.7. The molecule has 0 fully saturated rings. The van der Waals surface area contributed by atoms with Gasteiger partial charge >= 0.3 is 0 Å². The van der Waals surface area contributed by atoms with Gasteiger partial charge in [-0.2, -0.15) is 4.98 Å². The molecule has 0 aliphatic carbocycles. The third-order valence-electron chi connectivity index (χ3n) is 3.11. The van der Waals surface area contributed by atoms with Crippen molar-refractivity contribution in [3.63, 3.8) is 0 Å². The van der Waals surface area contributed by atoms with Crippen molar-refractivity contribution in [2.75, 3.05) is 0 Å². The lowest BCUT2D eigenvalue weighted by Crippen LogP contribution is -1.98. The Bertz CT molecular complexity index is 676. The fourth-order valence-electron chi connectivity index (χ4n) is 2.08. The third kappa shape index (κ3) is 2.29. The standard InChI is InChI=1S/C15H15N3O/c1-2-12-8-16-14-13(12)17-10-18-15(14)19-9-11-6-4-3-5-7-11/h3-8,10,16H,2,9H2,1H3. The molecule has 1 N–H and O–H groups in total. The fraction of sp³-hybridized carbons (Fsp3) is 0.200. The van der Waals surface area contributed by atoms with Gasteiger partial charge in [-0.3, -0.25) is 0 Å². The van der Waals surface area contributed by atoms with Crippen LogP contribution in [0.2, 0.25) is 0 Å². The molecule has 3 rings (SSSR count). The van der Waals surface area contributed by atoms with Crippen LogP contribution in [0.25, 0.3) is 11.0 Å². The van der Waals surface area contributed by atoms with Gasteiger partial charge in [0.05, 0.1) is 5.52 Å². The maximum atomic E-state index is 5.78. The van der Waals surface area contributed by atoms with Crippen LogP contribution >= 0.6 is 0 Å². The van der Waals surface area contributed by atoms with Crippen LogP contribution in [-0.4, -0.2) is 15.0 Å². The van der Waals surface area contributed by atoms with Crippen molar-refractivity contribution < 1.29 is 4.74 Å². The summed E-state index contributed by atoms with van der Waals surface area (Å²) in [5, 5.41) is 0. The van der Waals surface area contributed by atoms with Gasteiger partial charge in [-0.25, -0.2) is 4.98 Å². The van der Waals surface area contributed by atoms with Crippen molar-refractivity contribution in [3.05, 3.63) is 54.0 Å². The smallest absolute Gasteiger partial charge is 0.241 e. The third-order valence-corrected chi connectivity index (χ3v) is 3.11. The number of H-pyrrole nitrogens is 1. The second-order valence-corrected chi connectivity index (χ2v) is 4.34. The van der Waals surface area contributed by atoms with Crippen molar-refractivity contribution in [1.82, 2.24) is 15.0 Å². The minimum Gasteiger partial charge on any atom is -0.471 e. The Hall–Kier alpha value is -2.36. The summed E-state index contributed by atoms with van der Waals surface area (Å²) in [6, 6.07) is 10.1. The lowest BCUT2D eigenvalue weighted by molar-refractivity contribution is 0.297. The minimum absolute atomic E-state index is 0.507. The van der Waals surface area contributed by atoms with Crippen LogP contribution in [0.15, 0.2) is 42.9 Å². The quantitative estimate of drug-likeness (QED) is 0.777. The summed E-state index contributed by atoms with van der Waals surface area (Å²) in [6.45, 7) is 2.61. The highest BCUT2D eigenvalue weighted by atomic mass is 16.5. The molecule has 0 aliphatic heterocycles.